The van der Waals surface area contributed by atoms with Crippen LogP contribution in [-0.2, 0) is 5.41 Å². The number of anilines is 3. The Bertz CT molecular complexity index is 2980. The Balaban J connectivity index is 1.24. The van der Waals surface area contributed by atoms with E-state index in [4.69, 9.17) is 0 Å². The molecule has 0 atom stereocenters. The Morgan fingerprint density at radius 3 is 1.67 bits per heavy atom. The van der Waals surface area contributed by atoms with Gasteiger partial charge in [0.15, 0.2) is 0 Å². The molecule has 1 aliphatic rings. The number of benzene rings is 9. The Kier molecular flexibility index (Phi) is 7.11. The van der Waals surface area contributed by atoms with E-state index in [0.29, 0.717) is 0 Å². The van der Waals surface area contributed by atoms with Gasteiger partial charge >= 0.3 is 0 Å². The molecule has 1 heterocycles. The molecule has 0 amide bonds. The second kappa shape index (κ2) is 12.5. The molecule has 9 aromatic carbocycles. The number of aromatic nitrogens is 1. The average Bonchev–Trinajstić information content (AvgIpc) is 3.75. The highest BCUT2D eigenvalue weighted by molar-refractivity contribution is 6.11. The number of hydrogen-bond acceptors (Lipinski definition) is 1. The summed E-state index contributed by atoms with van der Waals surface area (Å²) in [6.45, 7) is 0. The van der Waals surface area contributed by atoms with Crippen molar-refractivity contribution < 1.29 is 0 Å². The molecule has 10 aromatic rings. The van der Waals surface area contributed by atoms with Crippen LogP contribution in [0.2, 0.25) is 0 Å². The van der Waals surface area contributed by atoms with Crippen molar-refractivity contribution in [3.63, 3.8) is 0 Å². The van der Waals surface area contributed by atoms with E-state index in [9.17, 15) is 0 Å². The molecule has 0 unspecified atom stereocenters. The highest BCUT2D eigenvalue weighted by atomic mass is 15.1. The minimum atomic E-state index is -0.525. The molecule has 1 aliphatic carbocycles. The van der Waals surface area contributed by atoms with Gasteiger partial charge in [0.2, 0.25) is 0 Å². The minimum absolute atomic E-state index is 0.525. The summed E-state index contributed by atoms with van der Waals surface area (Å²) in [5.41, 5.74) is 14.0. The summed E-state index contributed by atoms with van der Waals surface area (Å²) in [6, 6.07) is 80.1. The largest absolute Gasteiger partial charge is 0.310 e. The first-order valence-corrected chi connectivity index (χ1v) is 19.0. The Morgan fingerprint density at radius 1 is 0.382 bits per heavy atom. The van der Waals surface area contributed by atoms with Gasteiger partial charge < -0.3 is 9.47 Å². The van der Waals surface area contributed by atoms with Gasteiger partial charge in [0.1, 0.15) is 0 Å². The minimum Gasteiger partial charge on any atom is -0.310 e. The summed E-state index contributed by atoms with van der Waals surface area (Å²) in [5, 5.41) is 4.94. The van der Waals surface area contributed by atoms with Crippen molar-refractivity contribution in [1.82, 2.24) is 4.57 Å². The van der Waals surface area contributed by atoms with E-state index in [1.165, 1.54) is 66.0 Å². The predicted molar refractivity (Wildman–Crippen MR) is 230 cm³/mol. The monoisotopic (exact) mass is 700 g/mol. The summed E-state index contributed by atoms with van der Waals surface area (Å²) in [5.74, 6) is 0. The van der Waals surface area contributed by atoms with Crippen molar-refractivity contribution in [3.8, 4) is 16.8 Å². The first-order chi connectivity index (χ1) is 27.3. The van der Waals surface area contributed by atoms with Crippen LogP contribution in [0.25, 0.3) is 49.4 Å². The lowest BCUT2D eigenvalue weighted by Gasteiger charge is -2.34. The Labute approximate surface area is 320 Å². The maximum Gasteiger partial charge on any atom is 0.0714 e. The van der Waals surface area contributed by atoms with Crippen LogP contribution in [0.3, 0.4) is 0 Å². The van der Waals surface area contributed by atoms with Crippen molar-refractivity contribution in [3.05, 3.63) is 241 Å². The second-order valence-corrected chi connectivity index (χ2v) is 14.5. The van der Waals surface area contributed by atoms with Crippen molar-refractivity contribution in [2.45, 2.75) is 5.41 Å². The average molecular weight is 701 g/mol. The van der Waals surface area contributed by atoms with Crippen molar-refractivity contribution in [2.24, 2.45) is 0 Å². The Morgan fingerprint density at radius 2 is 0.964 bits per heavy atom. The first kappa shape index (κ1) is 31.4. The van der Waals surface area contributed by atoms with Crippen LogP contribution in [0.4, 0.5) is 17.1 Å². The topological polar surface area (TPSA) is 8.17 Å². The van der Waals surface area contributed by atoms with Crippen LogP contribution in [0.1, 0.15) is 22.3 Å². The Hall–Kier alpha value is -7.16. The maximum absolute atomic E-state index is 2.47. The molecule has 0 fully saturated rings. The molecule has 0 saturated heterocycles. The standard InChI is InChI=1S/C53H36N2/c1-5-20-39(21-6-1)53(40-22-7-2-8-23-40)47-29-17-31-51(52(47)46-34-37-18-13-14-19-38(37)35-48(46)53)54(41-24-9-3-10-25-41)43-32-33-50-45(36-43)44-28-15-16-30-49(44)55(50)42-26-11-4-12-27-42/h1-36H. The van der Waals surface area contributed by atoms with Gasteiger partial charge in [0.25, 0.3) is 0 Å². The van der Waals surface area contributed by atoms with Gasteiger partial charge in [-0.1, -0.05) is 152 Å². The molecule has 0 N–H and O–H groups in total. The van der Waals surface area contributed by atoms with E-state index in [1.807, 2.05) is 0 Å². The van der Waals surface area contributed by atoms with Gasteiger partial charge in [-0.3, -0.25) is 0 Å². The zero-order valence-electron chi connectivity index (χ0n) is 30.2. The van der Waals surface area contributed by atoms with Gasteiger partial charge in [-0.05, 0) is 105 Å². The second-order valence-electron chi connectivity index (χ2n) is 14.5. The molecule has 0 spiro atoms. The third-order valence-electron chi connectivity index (χ3n) is 11.6. The lowest BCUT2D eigenvalue weighted by Crippen LogP contribution is -2.28. The van der Waals surface area contributed by atoms with E-state index in [1.54, 1.807) is 0 Å². The molecule has 2 nitrogen and oxygen atoms in total. The van der Waals surface area contributed by atoms with E-state index in [-0.39, 0.29) is 0 Å². The van der Waals surface area contributed by atoms with Gasteiger partial charge in [0, 0.05) is 33.4 Å². The van der Waals surface area contributed by atoms with Crippen molar-refractivity contribution in [1.29, 1.82) is 0 Å². The highest BCUT2D eigenvalue weighted by Crippen LogP contribution is 2.60. The number of fused-ring (bicyclic) bond motifs is 7. The van der Waals surface area contributed by atoms with Crippen LogP contribution >= 0.6 is 0 Å². The molecule has 258 valence electrons. The van der Waals surface area contributed by atoms with E-state index >= 15 is 0 Å². The van der Waals surface area contributed by atoms with Gasteiger partial charge in [0.05, 0.1) is 22.1 Å². The van der Waals surface area contributed by atoms with Crippen LogP contribution in [0.5, 0.6) is 0 Å². The van der Waals surface area contributed by atoms with Crippen LogP contribution < -0.4 is 4.90 Å². The van der Waals surface area contributed by atoms with Crippen LogP contribution in [0.15, 0.2) is 218 Å². The molecule has 0 radical (unpaired) electrons. The zero-order valence-corrected chi connectivity index (χ0v) is 30.2. The molecule has 55 heavy (non-hydrogen) atoms. The lowest BCUT2D eigenvalue weighted by molar-refractivity contribution is 0.769. The van der Waals surface area contributed by atoms with Gasteiger partial charge in [-0.25, -0.2) is 0 Å². The van der Waals surface area contributed by atoms with Crippen LogP contribution in [0, 0.1) is 0 Å². The smallest absolute Gasteiger partial charge is 0.0714 e. The summed E-state index contributed by atoms with van der Waals surface area (Å²) in [4.78, 5) is 2.47. The van der Waals surface area contributed by atoms with Gasteiger partial charge in [-0.15, -0.1) is 0 Å². The van der Waals surface area contributed by atoms with Crippen LogP contribution in [-0.4, -0.2) is 4.57 Å². The molecule has 0 aliphatic heterocycles. The fraction of sp³-hybridized carbons (Fsp3) is 0.0189. The number of rotatable bonds is 6. The van der Waals surface area contributed by atoms with E-state index in [0.717, 1.165) is 22.7 Å². The lowest BCUT2D eigenvalue weighted by atomic mass is 9.67. The molecule has 2 heteroatoms. The fourth-order valence-corrected chi connectivity index (χ4v) is 9.35. The van der Waals surface area contributed by atoms with Crippen molar-refractivity contribution >= 4 is 49.6 Å². The molecule has 0 saturated carbocycles. The normalized spacial score (nSPS) is 12.9. The zero-order chi connectivity index (χ0) is 36.3. The molecule has 1 aromatic heterocycles. The summed E-state index contributed by atoms with van der Waals surface area (Å²) in [7, 11) is 0. The van der Waals surface area contributed by atoms with Gasteiger partial charge in [-0.2, -0.15) is 0 Å². The molecular weight excluding hydrogens is 665 g/mol. The third kappa shape index (κ3) is 4.68. The quantitative estimate of drug-likeness (QED) is 0.168. The van der Waals surface area contributed by atoms with Crippen molar-refractivity contribution in [2.75, 3.05) is 4.90 Å². The maximum atomic E-state index is 2.47. The molecule has 0 bridgehead atoms. The SMILES string of the molecule is c1ccc(N(c2ccc3c(c2)c2ccccc2n3-c2ccccc2)c2cccc3c2-c2cc4ccccc4cc2C3(c2ccccc2)c2ccccc2)cc1. The molecule has 11 rings (SSSR count). The molecular formula is C53H36N2. The first-order valence-electron chi connectivity index (χ1n) is 19.0. The fourth-order valence-electron chi connectivity index (χ4n) is 9.35. The summed E-state index contributed by atoms with van der Waals surface area (Å²) >= 11 is 0. The third-order valence-corrected chi connectivity index (χ3v) is 11.6. The van der Waals surface area contributed by atoms with E-state index in [2.05, 4.69) is 228 Å². The number of para-hydroxylation sites is 3. The summed E-state index contributed by atoms with van der Waals surface area (Å²) < 4.78 is 2.39. The summed E-state index contributed by atoms with van der Waals surface area (Å²) in [6.07, 6.45) is 0. The highest BCUT2D eigenvalue weighted by Gasteiger charge is 2.47. The number of hydrogen-bond donors (Lipinski definition) is 0. The predicted octanol–water partition coefficient (Wildman–Crippen LogP) is 13.8. The number of nitrogens with zero attached hydrogens (tertiary/aromatic N) is 2. The van der Waals surface area contributed by atoms with E-state index < -0.39 is 5.41 Å².